The van der Waals surface area contributed by atoms with Crippen molar-refractivity contribution < 1.29 is 18.7 Å². The van der Waals surface area contributed by atoms with E-state index in [0.717, 1.165) is 44.5 Å². The number of nitrogens with one attached hydrogen (secondary N) is 1. The van der Waals surface area contributed by atoms with Gasteiger partial charge in [0.2, 0.25) is 5.91 Å². The Morgan fingerprint density at radius 1 is 1.11 bits per heavy atom. The van der Waals surface area contributed by atoms with Crippen LogP contribution in [-0.4, -0.2) is 52.6 Å². The van der Waals surface area contributed by atoms with Crippen molar-refractivity contribution in [3.05, 3.63) is 70.5 Å². The number of hydrogen-bond acceptors (Lipinski definition) is 4. The lowest BCUT2D eigenvalue weighted by Gasteiger charge is -2.50. The molecule has 0 saturated carbocycles. The summed E-state index contributed by atoms with van der Waals surface area (Å²) in [5.41, 5.74) is 1.58. The second-order valence-corrected chi connectivity index (χ2v) is 10.9. The lowest BCUT2D eigenvalue weighted by atomic mass is 9.90. The monoisotopic (exact) mass is 513 g/mol. The van der Waals surface area contributed by atoms with E-state index < -0.39 is 11.7 Å². The Labute approximate surface area is 217 Å². The molecule has 36 heavy (non-hydrogen) atoms. The second-order valence-electron chi connectivity index (χ2n) is 10.5. The van der Waals surface area contributed by atoms with E-state index in [0.29, 0.717) is 16.3 Å². The molecule has 4 rings (SSSR count). The number of halogens is 2. The van der Waals surface area contributed by atoms with Crippen LogP contribution in [0.25, 0.3) is 6.08 Å². The van der Waals surface area contributed by atoms with Gasteiger partial charge in [-0.2, -0.15) is 0 Å². The Morgan fingerprint density at radius 3 is 2.42 bits per heavy atom. The first-order valence-corrected chi connectivity index (χ1v) is 12.7. The van der Waals surface area contributed by atoms with Gasteiger partial charge in [-0.1, -0.05) is 29.8 Å². The maximum absolute atomic E-state index is 13.3. The molecule has 2 aromatic rings. The van der Waals surface area contributed by atoms with Crippen molar-refractivity contribution >= 4 is 35.4 Å². The van der Waals surface area contributed by atoms with Crippen LogP contribution in [0.3, 0.4) is 0 Å². The number of carbonyl (C=O) groups is 2. The van der Waals surface area contributed by atoms with E-state index in [1.165, 1.54) is 12.1 Å². The van der Waals surface area contributed by atoms with Crippen molar-refractivity contribution in [1.29, 1.82) is 0 Å². The van der Waals surface area contributed by atoms with Gasteiger partial charge in [0, 0.05) is 42.8 Å². The van der Waals surface area contributed by atoms with Crippen molar-refractivity contribution in [2.75, 3.05) is 18.4 Å². The van der Waals surface area contributed by atoms with Gasteiger partial charge < -0.3 is 9.64 Å². The third-order valence-corrected chi connectivity index (χ3v) is 6.66. The highest BCUT2D eigenvalue weighted by Gasteiger charge is 2.39. The Kier molecular flexibility index (Phi) is 8.00. The van der Waals surface area contributed by atoms with Crippen LogP contribution in [0.5, 0.6) is 0 Å². The van der Waals surface area contributed by atoms with E-state index >= 15 is 0 Å². The van der Waals surface area contributed by atoms with Gasteiger partial charge in [0.1, 0.15) is 11.4 Å². The van der Waals surface area contributed by atoms with Crippen LogP contribution in [0.2, 0.25) is 5.02 Å². The van der Waals surface area contributed by atoms with Crippen LogP contribution in [0.1, 0.15) is 51.2 Å². The van der Waals surface area contributed by atoms with Gasteiger partial charge in [-0.15, -0.1) is 0 Å². The Balaban J connectivity index is 1.44. The molecule has 6 nitrogen and oxygen atoms in total. The minimum Gasteiger partial charge on any atom is -0.444 e. The number of anilines is 1. The molecule has 2 fully saturated rings. The summed E-state index contributed by atoms with van der Waals surface area (Å²) in [6.07, 6.45) is 5.73. The zero-order chi connectivity index (χ0) is 25.9. The highest BCUT2D eigenvalue weighted by atomic mass is 35.5. The molecule has 2 amide bonds. The molecule has 2 aliphatic heterocycles. The number of fused-ring (bicyclic) bond motifs is 2. The molecule has 1 N–H and O–H groups in total. The molecular weight excluding hydrogens is 481 g/mol. The van der Waals surface area contributed by atoms with E-state index in [2.05, 4.69) is 10.2 Å². The van der Waals surface area contributed by atoms with Crippen LogP contribution in [0, 0.1) is 5.82 Å². The number of nitrogens with zero attached hydrogens (tertiary/aromatic N) is 2. The molecule has 192 valence electrons. The van der Waals surface area contributed by atoms with E-state index in [9.17, 15) is 14.0 Å². The fourth-order valence-electron chi connectivity index (χ4n) is 4.97. The molecule has 0 aliphatic carbocycles. The van der Waals surface area contributed by atoms with Gasteiger partial charge in [-0.05, 0) is 81.5 Å². The standard InChI is InChI=1S/C28H33ClFN3O3/c1-28(2,3)36-27(35)31-25-15-21(29)11-9-20(25)10-14-26(34)33-23-5-4-6-24(33)18-32(17-23)16-19-7-12-22(30)13-8-19/h7-15,23-24H,4-6,16-18H2,1-3H3,(H,31,35). The molecule has 2 unspecified atom stereocenters. The first-order chi connectivity index (χ1) is 17.1. The first-order valence-electron chi connectivity index (χ1n) is 12.3. The summed E-state index contributed by atoms with van der Waals surface area (Å²) in [6, 6.07) is 12.0. The topological polar surface area (TPSA) is 61.9 Å². The van der Waals surface area contributed by atoms with Crippen molar-refractivity contribution in [1.82, 2.24) is 9.80 Å². The third kappa shape index (κ3) is 6.86. The van der Waals surface area contributed by atoms with E-state index in [-0.39, 0.29) is 23.8 Å². The predicted octanol–water partition coefficient (Wildman–Crippen LogP) is 6.10. The van der Waals surface area contributed by atoms with Crippen molar-refractivity contribution in [3.63, 3.8) is 0 Å². The van der Waals surface area contributed by atoms with E-state index in [4.69, 9.17) is 16.3 Å². The summed E-state index contributed by atoms with van der Waals surface area (Å²) in [5.74, 6) is -0.271. The maximum Gasteiger partial charge on any atom is 0.412 e. The number of benzene rings is 2. The summed E-state index contributed by atoms with van der Waals surface area (Å²) in [7, 11) is 0. The number of piperazine rings is 1. The molecule has 0 aromatic heterocycles. The van der Waals surface area contributed by atoms with Crippen molar-refractivity contribution in [2.24, 2.45) is 0 Å². The molecule has 2 saturated heterocycles. The van der Waals surface area contributed by atoms with Crippen LogP contribution in [0.4, 0.5) is 14.9 Å². The number of rotatable bonds is 5. The molecule has 8 heteroatoms. The summed E-state index contributed by atoms with van der Waals surface area (Å²) >= 11 is 6.15. The minimum absolute atomic E-state index is 0.0377. The fraction of sp³-hybridized carbons (Fsp3) is 0.429. The van der Waals surface area contributed by atoms with Gasteiger partial charge in [0.25, 0.3) is 0 Å². The van der Waals surface area contributed by atoms with Crippen LogP contribution < -0.4 is 5.32 Å². The Hall–Kier alpha value is -2.90. The first kappa shape index (κ1) is 26.2. The summed E-state index contributed by atoms with van der Waals surface area (Å²) in [5, 5.41) is 3.20. The zero-order valence-corrected chi connectivity index (χ0v) is 21.7. The Bertz CT molecular complexity index is 1120. The van der Waals surface area contributed by atoms with E-state index in [1.54, 1.807) is 51.1 Å². The molecule has 2 aromatic carbocycles. The van der Waals surface area contributed by atoms with Crippen molar-refractivity contribution in [2.45, 2.75) is 64.3 Å². The fourth-order valence-corrected chi connectivity index (χ4v) is 5.15. The van der Waals surface area contributed by atoms with Gasteiger partial charge in [0.05, 0.1) is 5.69 Å². The summed E-state index contributed by atoms with van der Waals surface area (Å²) < 4.78 is 18.6. The molecular formula is C28H33ClFN3O3. The number of carbonyl (C=O) groups excluding carboxylic acids is 2. The second kappa shape index (κ2) is 11.0. The van der Waals surface area contributed by atoms with Gasteiger partial charge in [-0.3, -0.25) is 15.0 Å². The van der Waals surface area contributed by atoms with Crippen molar-refractivity contribution in [3.8, 4) is 0 Å². The number of likely N-dealkylation sites (tertiary alicyclic amines) is 1. The average Bonchev–Trinajstić information content (AvgIpc) is 2.78. The lowest BCUT2D eigenvalue weighted by Crippen LogP contribution is -2.61. The van der Waals surface area contributed by atoms with E-state index in [1.807, 2.05) is 17.0 Å². The molecule has 2 bridgehead atoms. The molecule has 0 spiro atoms. The van der Waals surface area contributed by atoms with Crippen LogP contribution >= 0.6 is 11.6 Å². The maximum atomic E-state index is 13.3. The molecule has 2 heterocycles. The lowest BCUT2D eigenvalue weighted by molar-refractivity contribution is -0.137. The number of piperidine rings is 1. The smallest absolute Gasteiger partial charge is 0.412 e. The van der Waals surface area contributed by atoms with Crippen LogP contribution in [0.15, 0.2) is 48.5 Å². The largest absolute Gasteiger partial charge is 0.444 e. The number of amides is 2. The van der Waals surface area contributed by atoms with Gasteiger partial charge in [-0.25, -0.2) is 9.18 Å². The molecule has 0 radical (unpaired) electrons. The number of hydrogen-bond donors (Lipinski definition) is 1. The SMILES string of the molecule is CC(C)(C)OC(=O)Nc1cc(Cl)ccc1C=CC(=O)N1C2CCCC1CN(Cc1ccc(F)cc1)C2. The minimum atomic E-state index is -0.634. The zero-order valence-electron chi connectivity index (χ0n) is 21.0. The summed E-state index contributed by atoms with van der Waals surface area (Å²) in [4.78, 5) is 30.0. The molecule has 2 atom stereocenters. The molecule has 2 aliphatic rings. The third-order valence-electron chi connectivity index (χ3n) is 6.43. The Morgan fingerprint density at radius 2 is 1.78 bits per heavy atom. The van der Waals surface area contributed by atoms with Gasteiger partial charge >= 0.3 is 6.09 Å². The number of ether oxygens (including phenoxy) is 1. The highest BCUT2D eigenvalue weighted by molar-refractivity contribution is 6.31. The highest BCUT2D eigenvalue weighted by Crippen LogP contribution is 2.30. The van der Waals surface area contributed by atoms with Gasteiger partial charge in [0.15, 0.2) is 0 Å². The normalized spacial score (nSPS) is 20.4. The summed E-state index contributed by atoms with van der Waals surface area (Å²) in [6.45, 7) is 7.70. The predicted molar refractivity (Wildman–Crippen MR) is 140 cm³/mol. The quantitative estimate of drug-likeness (QED) is 0.490. The van der Waals surface area contributed by atoms with Crippen LogP contribution in [-0.2, 0) is 16.1 Å². The average molecular weight is 514 g/mol.